The number of ether oxygens (including phenoxy) is 2. The predicted octanol–water partition coefficient (Wildman–Crippen LogP) is 2.51. The number of aromatic nitrogens is 2. The molecular weight excluding hydrogens is 459 g/mol. The lowest BCUT2D eigenvalue weighted by Crippen LogP contribution is -2.36. The number of nitrogens with zero attached hydrogens (tertiary/aromatic N) is 3. The van der Waals surface area contributed by atoms with Gasteiger partial charge in [-0.2, -0.15) is 13.9 Å². The Morgan fingerprint density at radius 2 is 2.00 bits per heavy atom. The molecule has 10 heteroatoms. The summed E-state index contributed by atoms with van der Waals surface area (Å²) in [7, 11) is 4.98. The zero-order valence-electron chi connectivity index (χ0n) is 14.7. The number of nitrogens with one attached hydrogen (secondary N) is 2. The summed E-state index contributed by atoms with van der Waals surface area (Å²) in [6.07, 6.45) is 1.71. The molecule has 0 aliphatic heterocycles. The third-order valence-electron chi connectivity index (χ3n) is 3.51. The van der Waals surface area contributed by atoms with Gasteiger partial charge in [0.05, 0.1) is 19.3 Å². The highest BCUT2D eigenvalue weighted by Crippen LogP contribution is 2.25. The van der Waals surface area contributed by atoms with Gasteiger partial charge in [0.2, 0.25) is 0 Å². The molecule has 0 radical (unpaired) electrons. The molecule has 2 N–H and O–H groups in total. The Balaban J connectivity index is 0.00000338. The molecule has 0 saturated heterocycles. The number of guanidine groups is 1. The van der Waals surface area contributed by atoms with Gasteiger partial charge in [-0.1, -0.05) is 0 Å². The second kappa shape index (κ2) is 10.8. The average Bonchev–Trinajstić information content (AvgIpc) is 3.00. The lowest BCUT2D eigenvalue weighted by Gasteiger charge is -2.15. The summed E-state index contributed by atoms with van der Waals surface area (Å²) in [6.45, 7) is -2.13. The van der Waals surface area contributed by atoms with Crippen LogP contribution in [0.25, 0.3) is 0 Å². The second-order valence-corrected chi connectivity index (χ2v) is 5.08. The number of rotatable bonds is 7. The van der Waals surface area contributed by atoms with E-state index in [4.69, 9.17) is 4.74 Å². The third-order valence-corrected chi connectivity index (χ3v) is 3.51. The summed E-state index contributed by atoms with van der Waals surface area (Å²) in [5.74, 6) is 1.16. The molecule has 0 fully saturated rings. The summed E-state index contributed by atoms with van der Waals surface area (Å²) in [5, 5.41) is 10.3. The molecule has 0 spiro atoms. The van der Waals surface area contributed by atoms with E-state index < -0.39 is 6.61 Å². The fraction of sp³-hybridized carbons (Fsp3) is 0.375. The van der Waals surface area contributed by atoms with E-state index in [9.17, 15) is 8.78 Å². The maximum Gasteiger partial charge on any atom is 0.387 e. The van der Waals surface area contributed by atoms with Gasteiger partial charge in [-0.05, 0) is 24.3 Å². The monoisotopic (exact) mass is 481 g/mol. The number of methoxy groups -OCH3 is 1. The van der Waals surface area contributed by atoms with Gasteiger partial charge >= 0.3 is 6.61 Å². The first-order valence-electron chi connectivity index (χ1n) is 7.56. The SMILES string of the molecule is CN=C(NCc1cc(OC)ccc1OC(F)F)NCc1ccnn1C.I. The van der Waals surface area contributed by atoms with E-state index in [0.29, 0.717) is 23.8 Å². The molecule has 0 aliphatic rings. The molecular formula is C16H22F2IN5O2. The molecule has 0 aliphatic carbocycles. The van der Waals surface area contributed by atoms with Crippen LogP contribution in [0.3, 0.4) is 0 Å². The second-order valence-electron chi connectivity index (χ2n) is 5.08. The van der Waals surface area contributed by atoms with E-state index in [1.54, 1.807) is 30.1 Å². The number of hydrogen-bond donors (Lipinski definition) is 2. The van der Waals surface area contributed by atoms with Gasteiger partial charge in [0.25, 0.3) is 0 Å². The van der Waals surface area contributed by atoms with Gasteiger partial charge in [-0.25, -0.2) is 0 Å². The molecule has 0 amide bonds. The van der Waals surface area contributed by atoms with Crippen LogP contribution in [0.1, 0.15) is 11.3 Å². The van der Waals surface area contributed by atoms with E-state index in [-0.39, 0.29) is 36.3 Å². The molecule has 0 saturated carbocycles. The molecule has 0 unspecified atom stereocenters. The minimum atomic E-state index is -2.89. The van der Waals surface area contributed by atoms with Gasteiger partial charge in [-0.15, -0.1) is 24.0 Å². The Bertz CT molecular complexity index is 724. The van der Waals surface area contributed by atoms with Crippen LogP contribution in [0.5, 0.6) is 11.5 Å². The summed E-state index contributed by atoms with van der Waals surface area (Å²) < 4.78 is 36.5. The molecule has 0 bridgehead atoms. The number of aryl methyl sites for hydroxylation is 1. The number of aliphatic imine (C=N–C) groups is 1. The minimum Gasteiger partial charge on any atom is -0.497 e. The lowest BCUT2D eigenvalue weighted by atomic mass is 10.2. The Hall–Kier alpha value is -2.11. The van der Waals surface area contributed by atoms with E-state index in [2.05, 4.69) is 25.5 Å². The van der Waals surface area contributed by atoms with Crippen LogP contribution in [0, 0.1) is 0 Å². The number of hydrogen-bond acceptors (Lipinski definition) is 4. The number of halogens is 3. The van der Waals surface area contributed by atoms with Crippen molar-refractivity contribution in [2.24, 2.45) is 12.0 Å². The fourth-order valence-corrected chi connectivity index (χ4v) is 2.18. The molecule has 1 aromatic carbocycles. The fourth-order valence-electron chi connectivity index (χ4n) is 2.18. The van der Waals surface area contributed by atoms with Gasteiger partial charge in [0.15, 0.2) is 5.96 Å². The Kier molecular flexibility index (Phi) is 9.10. The molecule has 2 rings (SSSR count). The van der Waals surface area contributed by atoms with Gasteiger partial charge in [0, 0.05) is 32.4 Å². The molecule has 0 atom stereocenters. The lowest BCUT2D eigenvalue weighted by molar-refractivity contribution is -0.0504. The van der Waals surface area contributed by atoms with Crippen LogP contribution in [0.2, 0.25) is 0 Å². The Morgan fingerprint density at radius 3 is 2.58 bits per heavy atom. The maximum atomic E-state index is 12.5. The van der Waals surface area contributed by atoms with Crippen molar-refractivity contribution in [1.29, 1.82) is 0 Å². The van der Waals surface area contributed by atoms with E-state index in [1.165, 1.54) is 13.2 Å². The normalized spacial score (nSPS) is 11.1. The summed E-state index contributed by atoms with van der Waals surface area (Å²) >= 11 is 0. The highest BCUT2D eigenvalue weighted by atomic mass is 127. The molecule has 144 valence electrons. The van der Waals surface area contributed by atoms with Crippen LogP contribution in [-0.2, 0) is 20.1 Å². The van der Waals surface area contributed by atoms with Crippen LogP contribution < -0.4 is 20.1 Å². The molecule has 1 heterocycles. The quantitative estimate of drug-likeness (QED) is 0.362. The van der Waals surface area contributed by atoms with Crippen molar-refractivity contribution in [1.82, 2.24) is 20.4 Å². The standard InChI is InChI=1S/C16H21F2N5O2.HI/c1-19-16(21-10-12-6-7-22-23(12)2)20-9-11-8-13(24-3)4-5-14(11)25-15(17)18;/h4-8,15H,9-10H2,1-3H3,(H2,19,20,21);1H. The number of alkyl halides is 2. The van der Waals surface area contributed by atoms with Gasteiger partial charge in [-0.3, -0.25) is 9.67 Å². The summed E-state index contributed by atoms with van der Waals surface area (Å²) in [4.78, 5) is 4.11. The van der Waals surface area contributed by atoms with Crippen LogP contribution in [0.4, 0.5) is 8.78 Å². The third kappa shape index (κ3) is 6.32. The highest BCUT2D eigenvalue weighted by molar-refractivity contribution is 14.0. The van der Waals surface area contributed by atoms with Crippen molar-refractivity contribution in [3.63, 3.8) is 0 Å². The minimum absolute atomic E-state index is 0. The zero-order chi connectivity index (χ0) is 18.2. The topological polar surface area (TPSA) is 72.7 Å². The first-order chi connectivity index (χ1) is 12.0. The van der Waals surface area contributed by atoms with Crippen molar-refractivity contribution < 1.29 is 18.3 Å². The molecule has 26 heavy (non-hydrogen) atoms. The first-order valence-corrected chi connectivity index (χ1v) is 7.56. The van der Waals surface area contributed by atoms with Crippen molar-refractivity contribution in [2.75, 3.05) is 14.2 Å². The van der Waals surface area contributed by atoms with E-state index >= 15 is 0 Å². The van der Waals surface area contributed by atoms with Crippen molar-refractivity contribution >= 4 is 29.9 Å². The van der Waals surface area contributed by atoms with E-state index in [0.717, 1.165) is 5.69 Å². The Morgan fingerprint density at radius 1 is 1.27 bits per heavy atom. The van der Waals surface area contributed by atoms with Crippen LogP contribution >= 0.6 is 24.0 Å². The molecule has 2 aromatic rings. The van der Waals surface area contributed by atoms with Crippen molar-refractivity contribution in [3.05, 3.63) is 41.7 Å². The highest BCUT2D eigenvalue weighted by Gasteiger charge is 2.11. The van der Waals surface area contributed by atoms with E-state index in [1.807, 2.05) is 13.1 Å². The summed E-state index contributed by atoms with van der Waals surface area (Å²) in [5.41, 5.74) is 1.51. The van der Waals surface area contributed by atoms with Crippen molar-refractivity contribution in [3.8, 4) is 11.5 Å². The maximum absolute atomic E-state index is 12.5. The number of benzene rings is 1. The first kappa shape index (κ1) is 21.9. The molecule has 1 aromatic heterocycles. The Labute approximate surface area is 167 Å². The van der Waals surface area contributed by atoms with Crippen LogP contribution in [0.15, 0.2) is 35.5 Å². The average molecular weight is 481 g/mol. The van der Waals surface area contributed by atoms with Crippen LogP contribution in [-0.4, -0.2) is 36.5 Å². The smallest absolute Gasteiger partial charge is 0.387 e. The van der Waals surface area contributed by atoms with Gasteiger partial charge < -0.3 is 20.1 Å². The molecule has 7 nitrogen and oxygen atoms in total. The van der Waals surface area contributed by atoms with Gasteiger partial charge in [0.1, 0.15) is 11.5 Å². The summed E-state index contributed by atoms with van der Waals surface area (Å²) in [6, 6.07) is 6.54. The zero-order valence-corrected chi connectivity index (χ0v) is 17.0. The van der Waals surface area contributed by atoms with Crippen molar-refractivity contribution in [2.45, 2.75) is 19.7 Å². The predicted molar refractivity (Wildman–Crippen MR) is 105 cm³/mol. The largest absolute Gasteiger partial charge is 0.497 e.